The van der Waals surface area contributed by atoms with Gasteiger partial charge in [-0.1, -0.05) is 72.3 Å². The fourth-order valence-corrected chi connectivity index (χ4v) is 4.12. The molecule has 35 heavy (non-hydrogen) atoms. The van der Waals surface area contributed by atoms with Crippen LogP contribution in [0, 0.1) is 23.0 Å². The molecule has 4 aromatic rings. The van der Waals surface area contributed by atoms with Gasteiger partial charge in [-0.2, -0.15) is 5.26 Å². The molecule has 1 N–H and O–H groups in total. The van der Waals surface area contributed by atoms with E-state index in [0.717, 1.165) is 28.5 Å². The maximum atomic E-state index is 14.6. The number of hydrogen-bond donors (Lipinski definition) is 1. The summed E-state index contributed by atoms with van der Waals surface area (Å²) in [5, 5.41) is 9.06. The van der Waals surface area contributed by atoms with E-state index in [9.17, 15) is 14.0 Å². The molecule has 6 heteroatoms. The first-order valence-electron chi connectivity index (χ1n) is 11.0. The topological polar surface area (TPSA) is 52.5 Å². The lowest BCUT2D eigenvalue weighted by atomic mass is 9.91. The summed E-state index contributed by atoms with van der Waals surface area (Å²) in [6.07, 6.45) is 5.51. The number of aromatic nitrogens is 2. The molecule has 174 valence electrons. The third-order valence-electron chi connectivity index (χ3n) is 5.87. The zero-order chi connectivity index (χ0) is 24.9. The molecule has 0 radical (unpaired) electrons. The van der Waals surface area contributed by atoms with Gasteiger partial charge in [0.05, 0.1) is 33.3 Å². The minimum atomic E-state index is -0.824. The number of H-pyrrole nitrogens is 1. The van der Waals surface area contributed by atoms with Gasteiger partial charge in [0.25, 0.3) is 0 Å². The van der Waals surface area contributed by atoms with Crippen molar-refractivity contribution in [1.82, 2.24) is 9.97 Å². The van der Waals surface area contributed by atoms with Gasteiger partial charge >= 0.3 is 0 Å². The Morgan fingerprint density at radius 1 is 1.14 bits per heavy atom. The van der Waals surface area contributed by atoms with Crippen LogP contribution in [0.2, 0.25) is 5.02 Å². The fourth-order valence-electron chi connectivity index (χ4n) is 3.97. The summed E-state index contributed by atoms with van der Waals surface area (Å²) in [6.45, 7) is 5.67. The van der Waals surface area contributed by atoms with Gasteiger partial charge in [-0.25, -0.2) is 13.8 Å². The van der Waals surface area contributed by atoms with E-state index in [0.29, 0.717) is 17.5 Å². The van der Waals surface area contributed by atoms with E-state index in [2.05, 4.69) is 17.6 Å². The average molecular weight is 486 g/mol. The van der Waals surface area contributed by atoms with Crippen LogP contribution in [-0.4, -0.2) is 9.97 Å². The molecule has 1 heterocycles. The molecule has 0 aliphatic rings. The van der Waals surface area contributed by atoms with Crippen LogP contribution in [0.15, 0.2) is 91.0 Å². The summed E-state index contributed by atoms with van der Waals surface area (Å²) in [7, 11) is 0. The van der Waals surface area contributed by atoms with Crippen molar-refractivity contribution < 1.29 is 8.78 Å². The zero-order valence-corrected chi connectivity index (χ0v) is 19.8. The Bertz CT molecular complexity index is 1490. The largest absolute Gasteiger partial charge is 0.341 e. The second kappa shape index (κ2) is 10.5. The molecule has 3 aromatic carbocycles. The highest BCUT2D eigenvalue weighted by Crippen LogP contribution is 2.31. The molecular formula is C29H22ClF2N3. The first-order valence-corrected chi connectivity index (χ1v) is 11.4. The summed E-state index contributed by atoms with van der Waals surface area (Å²) in [6, 6.07) is 19.8. The van der Waals surface area contributed by atoms with Crippen LogP contribution in [0.3, 0.4) is 0 Å². The molecule has 1 unspecified atom stereocenters. The summed E-state index contributed by atoms with van der Waals surface area (Å²) in [4.78, 5) is 8.13. The van der Waals surface area contributed by atoms with Gasteiger partial charge in [0.15, 0.2) is 5.82 Å². The quantitative estimate of drug-likeness (QED) is 0.213. The van der Waals surface area contributed by atoms with Gasteiger partial charge in [-0.05, 0) is 54.8 Å². The second-order valence-electron chi connectivity index (χ2n) is 8.16. The Morgan fingerprint density at radius 2 is 1.91 bits per heavy atom. The molecular weight excluding hydrogens is 464 g/mol. The van der Waals surface area contributed by atoms with Crippen LogP contribution in [0.4, 0.5) is 8.78 Å². The monoisotopic (exact) mass is 485 g/mol. The van der Waals surface area contributed by atoms with Crippen molar-refractivity contribution in [2.24, 2.45) is 0 Å². The Labute approximate surface area is 207 Å². The van der Waals surface area contributed by atoms with E-state index >= 15 is 0 Å². The number of rotatable bonds is 7. The van der Waals surface area contributed by atoms with Gasteiger partial charge in [0.2, 0.25) is 0 Å². The predicted octanol–water partition coefficient (Wildman–Crippen LogP) is 7.91. The standard InChI is InChI=1S/C29H22ClF2N3/c1-3-21(27-24(31)13-12-23(30)28(27)32)11-9-18(2)22(15-19-7-5-4-6-8-19)29-34-25-14-10-20(17-33)16-26(25)35-29/h3-14,16,22H,1,15H2,2H3,(H,34,35)/b18-9+,21-11+. The van der Waals surface area contributed by atoms with E-state index in [4.69, 9.17) is 16.6 Å². The summed E-state index contributed by atoms with van der Waals surface area (Å²) >= 11 is 5.88. The van der Waals surface area contributed by atoms with Crippen molar-refractivity contribution in [2.45, 2.75) is 19.3 Å². The smallest absolute Gasteiger partial charge is 0.152 e. The average Bonchev–Trinajstić information content (AvgIpc) is 3.30. The lowest BCUT2D eigenvalue weighted by Gasteiger charge is -2.16. The number of hydrogen-bond acceptors (Lipinski definition) is 2. The van der Waals surface area contributed by atoms with E-state index < -0.39 is 11.6 Å². The Hall–Kier alpha value is -4.01. The Balaban J connectivity index is 1.78. The Kier molecular flexibility index (Phi) is 7.24. The third-order valence-corrected chi connectivity index (χ3v) is 6.16. The molecule has 4 rings (SSSR count). The molecule has 0 saturated heterocycles. The van der Waals surface area contributed by atoms with Crippen molar-refractivity contribution in [2.75, 3.05) is 0 Å². The summed E-state index contributed by atoms with van der Waals surface area (Å²) in [5.74, 6) is -0.945. The number of allylic oxidation sites excluding steroid dienone is 5. The van der Waals surface area contributed by atoms with Crippen molar-refractivity contribution >= 4 is 28.2 Å². The van der Waals surface area contributed by atoms with Crippen LogP contribution in [-0.2, 0) is 6.42 Å². The lowest BCUT2D eigenvalue weighted by molar-refractivity contribution is 0.578. The summed E-state index contributed by atoms with van der Waals surface area (Å²) < 4.78 is 29.0. The molecule has 0 aliphatic carbocycles. The van der Waals surface area contributed by atoms with E-state index in [1.54, 1.807) is 18.2 Å². The molecule has 0 saturated carbocycles. The predicted molar refractivity (Wildman–Crippen MR) is 137 cm³/mol. The zero-order valence-electron chi connectivity index (χ0n) is 19.0. The van der Waals surface area contributed by atoms with E-state index in [-0.39, 0.29) is 22.1 Å². The number of nitrogens with one attached hydrogen (secondary N) is 1. The maximum Gasteiger partial charge on any atom is 0.152 e. The van der Waals surface area contributed by atoms with Crippen LogP contribution >= 0.6 is 11.6 Å². The van der Waals surface area contributed by atoms with E-state index in [1.807, 2.05) is 49.4 Å². The summed E-state index contributed by atoms with van der Waals surface area (Å²) in [5.41, 5.74) is 4.17. The number of fused-ring (bicyclic) bond motifs is 1. The van der Waals surface area contributed by atoms with Crippen molar-refractivity contribution in [3.63, 3.8) is 0 Å². The first kappa shape index (κ1) is 24.1. The van der Waals surface area contributed by atoms with Crippen LogP contribution in [0.1, 0.15) is 35.4 Å². The van der Waals surface area contributed by atoms with Gasteiger partial charge in [0.1, 0.15) is 11.6 Å². The molecule has 0 amide bonds. The van der Waals surface area contributed by atoms with Crippen molar-refractivity contribution in [1.29, 1.82) is 5.26 Å². The minimum absolute atomic E-state index is 0.147. The lowest BCUT2D eigenvalue weighted by Crippen LogP contribution is -2.07. The van der Waals surface area contributed by atoms with Gasteiger partial charge in [-0.3, -0.25) is 0 Å². The molecule has 0 spiro atoms. The number of nitriles is 1. The number of aromatic amines is 1. The highest BCUT2D eigenvalue weighted by atomic mass is 35.5. The van der Waals surface area contributed by atoms with Crippen molar-refractivity contribution in [3.05, 3.63) is 130 Å². The molecule has 1 atom stereocenters. The van der Waals surface area contributed by atoms with Crippen LogP contribution < -0.4 is 0 Å². The molecule has 0 fully saturated rings. The number of benzene rings is 3. The highest BCUT2D eigenvalue weighted by molar-refractivity contribution is 6.31. The molecule has 0 aliphatic heterocycles. The minimum Gasteiger partial charge on any atom is -0.341 e. The highest BCUT2D eigenvalue weighted by Gasteiger charge is 2.19. The molecule has 1 aromatic heterocycles. The number of nitrogens with zero attached hydrogens (tertiary/aromatic N) is 2. The maximum absolute atomic E-state index is 14.6. The van der Waals surface area contributed by atoms with Gasteiger partial charge in [0, 0.05) is 5.92 Å². The third kappa shape index (κ3) is 5.24. The molecule has 3 nitrogen and oxygen atoms in total. The van der Waals surface area contributed by atoms with Gasteiger partial charge in [-0.15, -0.1) is 0 Å². The SMILES string of the molecule is C=C/C(=C\C=C(/C)C(Cc1ccccc1)c1nc2cc(C#N)ccc2[nH]1)c1c(F)ccc(Cl)c1F. The molecule has 0 bridgehead atoms. The van der Waals surface area contributed by atoms with Crippen LogP contribution in [0.25, 0.3) is 16.6 Å². The van der Waals surface area contributed by atoms with Gasteiger partial charge < -0.3 is 4.98 Å². The number of halogens is 3. The van der Waals surface area contributed by atoms with Crippen LogP contribution in [0.5, 0.6) is 0 Å². The van der Waals surface area contributed by atoms with E-state index in [1.165, 1.54) is 12.1 Å². The normalized spacial score (nSPS) is 13.0. The fraction of sp³-hybridized carbons (Fsp3) is 0.103. The first-order chi connectivity index (χ1) is 16.9. The Morgan fingerprint density at radius 3 is 2.63 bits per heavy atom. The second-order valence-corrected chi connectivity index (χ2v) is 8.57. The van der Waals surface area contributed by atoms with Crippen molar-refractivity contribution in [3.8, 4) is 6.07 Å². The number of imidazole rings is 1.